The number of nitrogens with one attached hydrogen (secondary N) is 2. The molecule has 0 spiro atoms. The van der Waals surface area contributed by atoms with Crippen LogP contribution in [0, 0.1) is 0 Å². The van der Waals surface area contributed by atoms with Crippen LogP contribution in [0.2, 0.25) is 0 Å². The van der Waals surface area contributed by atoms with E-state index >= 15 is 0 Å². The number of imidazole rings is 2. The Morgan fingerprint density at radius 3 is 1.78 bits per heavy atom. The maximum absolute atomic E-state index is 13.0. The van der Waals surface area contributed by atoms with Crippen molar-refractivity contribution in [3.05, 3.63) is 121 Å². The van der Waals surface area contributed by atoms with E-state index in [4.69, 9.17) is 13.6 Å². The van der Waals surface area contributed by atoms with E-state index in [2.05, 4.69) is 19.9 Å². The minimum absolute atomic E-state index is 0. The topological polar surface area (TPSA) is 133 Å². The molecular weight excluding hydrogens is 667 g/mol. The number of ether oxygens (including phenoxy) is 1. The number of carbonyl (C=O) groups excluding carboxylic acids is 2. The number of nitrogens with zero attached hydrogens (tertiary/aromatic N) is 4. The van der Waals surface area contributed by atoms with Gasteiger partial charge in [-0.25, -0.2) is 9.97 Å². The number of H-pyrrole nitrogens is 2. The molecule has 0 aliphatic carbocycles. The molecule has 6 aromatic rings. The van der Waals surface area contributed by atoms with Crippen LogP contribution in [0.3, 0.4) is 0 Å². The summed E-state index contributed by atoms with van der Waals surface area (Å²) in [6, 6.07) is 18.8. The highest BCUT2D eigenvalue weighted by atomic mass is 35.5. The maximum atomic E-state index is 13.0. The number of furan rings is 2. The highest BCUT2D eigenvalue weighted by Gasteiger charge is 2.34. The first kappa shape index (κ1) is 33.6. The summed E-state index contributed by atoms with van der Waals surface area (Å²) < 4.78 is 16.4. The zero-order valence-electron chi connectivity index (χ0n) is 26.3. The van der Waals surface area contributed by atoms with Crippen molar-refractivity contribution in [3.8, 4) is 34.0 Å². The second kappa shape index (κ2) is 14.5. The van der Waals surface area contributed by atoms with Crippen molar-refractivity contribution < 1.29 is 23.2 Å². The molecule has 2 fully saturated rings. The van der Waals surface area contributed by atoms with Crippen molar-refractivity contribution in [2.75, 3.05) is 13.1 Å². The van der Waals surface area contributed by atoms with Crippen LogP contribution < -0.4 is 4.74 Å². The van der Waals surface area contributed by atoms with Crippen LogP contribution in [0.15, 0.2) is 107 Å². The molecule has 0 unspecified atom stereocenters. The predicted molar refractivity (Wildman–Crippen MR) is 186 cm³/mol. The molecule has 0 radical (unpaired) electrons. The fraction of sp³-hybridized carbons (Fsp3) is 0.222. The number of likely N-dealkylation sites (tertiary alicyclic amines) is 2. The summed E-state index contributed by atoms with van der Waals surface area (Å²) in [6.07, 6.45) is 13.2. The van der Waals surface area contributed by atoms with E-state index in [0.717, 1.165) is 59.8 Å². The second-order valence-corrected chi connectivity index (χ2v) is 11.9. The zero-order valence-corrected chi connectivity index (χ0v) is 27.9. The number of hydrogen-bond donors (Lipinski definition) is 2. The van der Waals surface area contributed by atoms with Crippen molar-refractivity contribution in [2.45, 2.75) is 37.8 Å². The molecule has 0 bridgehead atoms. The summed E-state index contributed by atoms with van der Waals surface area (Å²) in [5.74, 6) is 2.84. The summed E-state index contributed by atoms with van der Waals surface area (Å²) >= 11 is 0. The SMILES string of the molecule is Cl.Cl.O=C(c1ccoc1)N1CCC[C@H]1c1ncc(-c2ccc(Oc3cccc(-c4cnc([C@@H]5CCCN5C(=O)c5ccoc5)[nH]4)c3)cc2)[nH]1. The summed E-state index contributed by atoms with van der Waals surface area (Å²) in [7, 11) is 0. The van der Waals surface area contributed by atoms with E-state index in [9.17, 15) is 9.59 Å². The standard InChI is InChI=1S/C36H32N6O5.2ClH/c43-35(25-12-16-45-21-25)41-14-2-6-31(41)33-37-19-29(39-33)23-8-10-27(11-9-23)47-28-5-1-4-24(18-28)30-20-38-34(40-30)32-7-3-15-42(32)36(44)26-13-17-46-22-26;;/h1,4-5,8-13,16-22,31-32H,2-3,6-7,14-15H2,(H,37,39)(H,38,40);2*1H/t31-,32-;;/m0../s1. The number of halogens is 2. The third kappa shape index (κ3) is 6.72. The Labute approximate surface area is 294 Å². The van der Waals surface area contributed by atoms with Gasteiger partial charge in [-0.1, -0.05) is 12.1 Å². The normalized spacial score (nSPS) is 17.1. The Balaban J connectivity index is 0.00000208. The van der Waals surface area contributed by atoms with E-state index in [-0.39, 0.29) is 48.7 Å². The number of hydrogen-bond acceptors (Lipinski definition) is 7. The quantitative estimate of drug-likeness (QED) is 0.163. The molecule has 2 aliphatic rings. The molecule has 4 aromatic heterocycles. The predicted octanol–water partition coefficient (Wildman–Crippen LogP) is 8.24. The smallest absolute Gasteiger partial charge is 0.257 e. The van der Waals surface area contributed by atoms with E-state index in [0.29, 0.717) is 35.7 Å². The van der Waals surface area contributed by atoms with Crippen molar-refractivity contribution in [1.82, 2.24) is 29.7 Å². The van der Waals surface area contributed by atoms with Crippen LogP contribution in [0.1, 0.15) is 70.1 Å². The van der Waals surface area contributed by atoms with Gasteiger partial charge < -0.3 is 33.3 Å². The molecular formula is C36H34Cl2N6O5. The van der Waals surface area contributed by atoms with E-state index < -0.39 is 0 Å². The highest BCUT2D eigenvalue weighted by Crippen LogP contribution is 2.35. The van der Waals surface area contributed by atoms with Gasteiger partial charge in [0.05, 0.1) is 59.5 Å². The lowest BCUT2D eigenvalue weighted by molar-refractivity contribution is 0.0722. The van der Waals surface area contributed by atoms with Gasteiger partial charge in [-0.15, -0.1) is 24.8 Å². The van der Waals surface area contributed by atoms with Crippen molar-refractivity contribution in [1.29, 1.82) is 0 Å². The van der Waals surface area contributed by atoms with Crippen molar-refractivity contribution >= 4 is 36.6 Å². The Kier molecular flexibility index (Phi) is 9.93. The first-order valence-corrected chi connectivity index (χ1v) is 15.8. The molecule has 11 nitrogen and oxygen atoms in total. The van der Waals surface area contributed by atoms with Gasteiger partial charge in [0.1, 0.15) is 35.7 Å². The molecule has 8 rings (SSSR count). The lowest BCUT2D eigenvalue weighted by Crippen LogP contribution is -2.30. The largest absolute Gasteiger partial charge is 0.472 e. The monoisotopic (exact) mass is 700 g/mol. The minimum Gasteiger partial charge on any atom is -0.472 e. The van der Waals surface area contributed by atoms with Crippen molar-refractivity contribution in [2.24, 2.45) is 0 Å². The van der Waals surface area contributed by atoms with E-state index in [1.807, 2.05) is 64.5 Å². The van der Waals surface area contributed by atoms with Crippen LogP contribution in [-0.2, 0) is 0 Å². The second-order valence-electron chi connectivity index (χ2n) is 11.9. The molecule has 2 aromatic carbocycles. The van der Waals surface area contributed by atoms with Crippen LogP contribution in [0.5, 0.6) is 11.5 Å². The third-order valence-corrected chi connectivity index (χ3v) is 8.93. The molecule has 2 amide bonds. The molecule has 0 saturated carbocycles. The van der Waals surface area contributed by atoms with Crippen LogP contribution in [0.4, 0.5) is 0 Å². The first-order valence-electron chi connectivity index (χ1n) is 15.8. The average Bonchev–Trinajstić information content (AvgIpc) is 3.96. The molecule has 6 heterocycles. The summed E-state index contributed by atoms with van der Waals surface area (Å²) in [5.41, 5.74) is 4.72. The Morgan fingerprint density at radius 1 is 0.694 bits per heavy atom. The zero-order chi connectivity index (χ0) is 31.7. The number of amides is 2. The van der Waals surface area contributed by atoms with Gasteiger partial charge in [0.15, 0.2) is 0 Å². The fourth-order valence-electron chi connectivity index (χ4n) is 6.56. The summed E-state index contributed by atoms with van der Waals surface area (Å²) in [5, 5.41) is 0. The van der Waals surface area contributed by atoms with Gasteiger partial charge in [0.25, 0.3) is 11.8 Å². The third-order valence-electron chi connectivity index (χ3n) is 8.93. The first-order chi connectivity index (χ1) is 23.1. The molecule has 2 N–H and O–H groups in total. The molecule has 2 saturated heterocycles. The van der Waals surface area contributed by atoms with E-state index in [1.165, 1.54) is 25.1 Å². The summed E-state index contributed by atoms with van der Waals surface area (Å²) in [4.78, 5) is 45.8. The maximum Gasteiger partial charge on any atom is 0.257 e. The molecule has 49 heavy (non-hydrogen) atoms. The number of aromatic nitrogens is 4. The van der Waals surface area contributed by atoms with Gasteiger partial charge in [-0.05, 0) is 79.8 Å². The van der Waals surface area contributed by atoms with Gasteiger partial charge in [-0.3, -0.25) is 9.59 Å². The van der Waals surface area contributed by atoms with Crippen molar-refractivity contribution in [3.63, 3.8) is 0 Å². The molecule has 13 heteroatoms. The number of benzene rings is 2. The number of carbonyl (C=O) groups is 2. The van der Waals surface area contributed by atoms with Gasteiger partial charge in [-0.2, -0.15) is 0 Å². The average molecular weight is 702 g/mol. The molecule has 252 valence electrons. The highest BCUT2D eigenvalue weighted by molar-refractivity contribution is 5.94. The lowest BCUT2D eigenvalue weighted by atomic mass is 10.1. The van der Waals surface area contributed by atoms with E-state index in [1.54, 1.807) is 18.3 Å². The summed E-state index contributed by atoms with van der Waals surface area (Å²) in [6.45, 7) is 1.37. The van der Waals surface area contributed by atoms with Crippen LogP contribution in [0.25, 0.3) is 22.5 Å². The molecule has 2 aliphatic heterocycles. The van der Waals surface area contributed by atoms with Crippen LogP contribution >= 0.6 is 24.8 Å². The van der Waals surface area contributed by atoms with Gasteiger partial charge in [0.2, 0.25) is 0 Å². The fourth-order valence-corrected chi connectivity index (χ4v) is 6.56. The minimum atomic E-state index is -0.114. The van der Waals surface area contributed by atoms with Crippen LogP contribution in [-0.4, -0.2) is 54.6 Å². The number of rotatable bonds is 8. The lowest BCUT2D eigenvalue weighted by Gasteiger charge is -2.22. The Hall–Kier alpha value is -5.26. The Bertz CT molecular complexity index is 2010. The molecule has 2 atom stereocenters. The van der Waals surface area contributed by atoms with Gasteiger partial charge >= 0.3 is 0 Å². The van der Waals surface area contributed by atoms with Gasteiger partial charge in [0, 0.05) is 18.7 Å². The number of aromatic amines is 2. The Morgan fingerprint density at radius 2 is 1.24 bits per heavy atom.